The monoisotopic (exact) mass is 875 g/mol. The van der Waals surface area contributed by atoms with Gasteiger partial charge in [0, 0.05) is 54.6 Å². The summed E-state index contributed by atoms with van der Waals surface area (Å²) >= 11 is 0. The third kappa shape index (κ3) is 4.61. The van der Waals surface area contributed by atoms with Gasteiger partial charge < -0.3 is 8.80 Å². The zero-order valence-corrected chi connectivity index (χ0v) is 39.4. The van der Waals surface area contributed by atoms with E-state index in [1.165, 1.54) is 196 Å². The number of aromatic nitrogens is 2. The van der Waals surface area contributed by atoms with E-state index in [1.54, 1.807) is 11.1 Å². The van der Waals surface area contributed by atoms with Gasteiger partial charge in [0.25, 0.3) is 0 Å². The maximum atomic E-state index is 14.5. The summed E-state index contributed by atoms with van der Waals surface area (Å²) in [5.41, 5.74) is 17.8. The molecule has 0 saturated heterocycles. The lowest BCUT2D eigenvalue weighted by molar-refractivity contribution is -0.00508. The van der Waals surface area contributed by atoms with Crippen molar-refractivity contribution in [3.63, 3.8) is 0 Å². The second-order valence-corrected chi connectivity index (χ2v) is 25.1. The molecule has 4 heteroatoms. The highest BCUT2D eigenvalue weighted by Gasteiger charge is 2.52. The first kappa shape index (κ1) is 37.8. The fraction of sp³-hybridized carbons (Fsp3) is 0.492. The topological polar surface area (TPSA) is 49.7 Å². The van der Waals surface area contributed by atoms with Crippen LogP contribution in [0.5, 0.6) is 0 Å². The lowest BCUT2D eigenvalue weighted by Crippen LogP contribution is -2.48. The zero-order valence-electron chi connectivity index (χ0n) is 39.4. The molecule has 0 unspecified atom stereocenters. The van der Waals surface area contributed by atoms with E-state index in [1.807, 2.05) is 0 Å². The van der Waals surface area contributed by atoms with Crippen LogP contribution in [0.3, 0.4) is 0 Å². The molecule has 0 aliphatic heterocycles. The van der Waals surface area contributed by atoms with Crippen molar-refractivity contribution in [2.24, 2.45) is 29.1 Å². The lowest BCUT2D eigenvalue weighted by Gasteiger charge is -2.57. The van der Waals surface area contributed by atoms with Crippen LogP contribution < -0.4 is 0 Å². The molecule has 19 rings (SSSR count). The Kier molecular flexibility index (Phi) is 7.08. The number of fused-ring (bicyclic) bond motifs is 16. The maximum absolute atomic E-state index is 14.5. The molecule has 7 fully saturated rings. The Labute approximate surface area is 392 Å². The highest BCUT2D eigenvalue weighted by atomic mass is 16.1. The third-order valence-electron chi connectivity index (χ3n) is 22.0. The van der Waals surface area contributed by atoms with E-state index in [0.717, 1.165) is 67.4 Å². The van der Waals surface area contributed by atoms with Crippen LogP contribution in [0.4, 0.5) is 0 Å². The quantitative estimate of drug-likeness (QED) is 0.178. The molecule has 334 valence electrons. The molecule has 10 aliphatic rings. The Morgan fingerprint density at radius 3 is 1.79 bits per heavy atom. The van der Waals surface area contributed by atoms with Crippen LogP contribution in [-0.4, -0.2) is 14.6 Å². The van der Waals surface area contributed by atoms with Crippen LogP contribution in [0.2, 0.25) is 0 Å². The molecule has 5 aromatic carbocycles. The molecule has 6 bridgehead atoms. The van der Waals surface area contributed by atoms with Crippen molar-refractivity contribution in [3.05, 3.63) is 93.5 Å². The van der Waals surface area contributed by atoms with Gasteiger partial charge in [-0.05, 0) is 231 Å². The average Bonchev–Trinajstić information content (AvgIpc) is 4.20. The molecule has 0 N–H and O–H groups in total. The minimum Gasteiger partial charge on any atom is -0.308 e. The number of rotatable bonds is 3. The van der Waals surface area contributed by atoms with E-state index in [0.29, 0.717) is 17.1 Å². The fourth-order valence-corrected chi connectivity index (χ4v) is 19.3. The molecule has 4 aromatic heterocycles. The molecule has 0 radical (unpaired) electrons. The largest absolute Gasteiger partial charge is 0.308 e. The van der Waals surface area contributed by atoms with Crippen molar-refractivity contribution >= 4 is 82.0 Å². The summed E-state index contributed by atoms with van der Waals surface area (Å²) in [5.74, 6) is 3.69. The molecule has 10 aliphatic carbocycles. The molecule has 4 nitrogen and oxygen atoms in total. The van der Waals surface area contributed by atoms with Crippen molar-refractivity contribution in [3.8, 4) is 6.07 Å². The first-order chi connectivity index (χ1) is 32.8. The summed E-state index contributed by atoms with van der Waals surface area (Å²) in [6, 6.07) is 25.9. The summed E-state index contributed by atoms with van der Waals surface area (Å²) in [6.45, 7) is 2.45. The number of carbonyl (C=O) groups excluding carboxylic acids is 1. The Balaban J connectivity index is 1.02. The van der Waals surface area contributed by atoms with Crippen LogP contribution in [0.25, 0.3) is 76.2 Å². The van der Waals surface area contributed by atoms with Gasteiger partial charge in [-0.15, -0.1) is 0 Å². The number of hydrogen-bond donors (Lipinski definition) is 0. The van der Waals surface area contributed by atoms with Gasteiger partial charge in [0.15, 0.2) is 5.78 Å². The number of benzene rings is 5. The van der Waals surface area contributed by atoms with Gasteiger partial charge >= 0.3 is 0 Å². The highest BCUT2D eigenvalue weighted by molar-refractivity contribution is 6.30. The van der Waals surface area contributed by atoms with E-state index < -0.39 is 0 Å². The summed E-state index contributed by atoms with van der Waals surface area (Å²) < 4.78 is 5.27. The normalized spacial score (nSPS) is 29.4. The number of hydrogen-bond acceptors (Lipinski definition) is 2. The SMILES string of the molecule is CCC1(c2cc3c4cc5c(cc4n4c6cc(C#N)c7c(c6c(c2)c34)CC2(CCCC2)C7)c2cc(C34CC6CC(CC(C6)C3)C4)cc3c4cc6c(cc4n5c32)C(=O)C2CCC6CC2)CCCCC1. The lowest BCUT2D eigenvalue weighted by atomic mass is 9.48. The summed E-state index contributed by atoms with van der Waals surface area (Å²) in [5, 5.41) is 22.1. The minimum atomic E-state index is 0.174. The van der Waals surface area contributed by atoms with Crippen LogP contribution in [0.15, 0.2) is 54.6 Å². The van der Waals surface area contributed by atoms with Gasteiger partial charge in [-0.1, -0.05) is 39.0 Å². The van der Waals surface area contributed by atoms with Crippen molar-refractivity contribution in [1.29, 1.82) is 5.26 Å². The summed E-state index contributed by atoms with van der Waals surface area (Å²) in [6.07, 6.45) is 27.9. The van der Waals surface area contributed by atoms with E-state index >= 15 is 0 Å². The van der Waals surface area contributed by atoms with Gasteiger partial charge in [0.05, 0.1) is 44.7 Å². The number of carbonyl (C=O) groups is 1. The van der Waals surface area contributed by atoms with Crippen LogP contribution in [0.1, 0.15) is 185 Å². The van der Waals surface area contributed by atoms with E-state index in [-0.39, 0.29) is 16.7 Å². The van der Waals surface area contributed by atoms with Gasteiger partial charge in [-0.3, -0.25) is 4.79 Å². The Bertz CT molecular complexity index is 3720. The maximum Gasteiger partial charge on any atom is 0.166 e. The summed E-state index contributed by atoms with van der Waals surface area (Å²) in [7, 11) is 0. The van der Waals surface area contributed by atoms with Gasteiger partial charge in [0.1, 0.15) is 0 Å². The smallest absolute Gasteiger partial charge is 0.166 e. The molecule has 1 spiro atoms. The number of nitrogens with zero attached hydrogens (tertiary/aromatic N) is 3. The second kappa shape index (κ2) is 12.5. The zero-order chi connectivity index (χ0) is 43.9. The van der Waals surface area contributed by atoms with E-state index in [2.05, 4.69) is 76.4 Å². The van der Waals surface area contributed by atoms with Crippen molar-refractivity contribution in [1.82, 2.24) is 8.80 Å². The molecular formula is C63H61N3O. The van der Waals surface area contributed by atoms with Crippen molar-refractivity contribution < 1.29 is 4.79 Å². The van der Waals surface area contributed by atoms with E-state index in [4.69, 9.17) is 0 Å². The second-order valence-electron chi connectivity index (χ2n) is 25.1. The highest BCUT2D eigenvalue weighted by Crippen LogP contribution is 2.62. The van der Waals surface area contributed by atoms with Crippen molar-refractivity contribution in [2.45, 2.75) is 165 Å². The fourth-order valence-electron chi connectivity index (χ4n) is 19.3. The molecule has 7 saturated carbocycles. The van der Waals surface area contributed by atoms with Crippen LogP contribution in [0, 0.1) is 40.4 Å². The van der Waals surface area contributed by atoms with Crippen LogP contribution >= 0.6 is 0 Å². The standard InChI is InChI=1S/C63H61N3O/c1-2-62(14-4-3-5-15-62)40-20-48-45-25-53-44(26-54(45)66-56-19-39(33-64)51-31-61(12-6-7-13-61)32-52(51)57(56)50(23-40)59(48)66)47-22-41(63-28-34-16-35(29-63)18-36(17-34)30-63)21-46-43-24-42-37-8-10-38(11-9-37)60(67)49(42)27-55(43)65(53)58(46)47/h19-27,34-38H,2-18,28-32H2,1H3. The Morgan fingerprint density at radius 2 is 1.13 bits per heavy atom. The van der Waals surface area contributed by atoms with Gasteiger partial charge in [-0.2, -0.15) is 5.26 Å². The predicted octanol–water partition coefficient (Wildman–Crippen LogP) is 16.1. The number of ketones is 1. The molecule has 9 aromatic rings. The molecule has 0 amide bonds. The van der Waals surface area contributed by atoms with Gasteiger partial charge in [-0.25, -0.2) is 0 Å². The van der Waals surface area contributed by atoms with Gasteiger partial charge in [0.2, 0.25) is 0 Å². The predicted molar refractivity (Wildman–Crippen MR) is 273 cm³/mol. The molecular weight excluding hydrogens is 815 g/mol. The third-order valence-corrected chi connectivity index (χ3v) is 22.0. The average molecular weight is 876 g/mol. The number of nitriles is 1. The van der Waals surface area contributed by atoms with E-state index in [9.17, 15) is 10.1 Å². The van der Waals surface area contributed by atoms with Crippen LogP contribution in [-0.2, 0) is 23.7 Å². The molecule has 0 atom stereocenters. The number of Topliss-reactive ketones (excluding diaryl/α,β-unsaturated/α-hetero) is 1. The Hall–Kier alpha value is -5.14. The first-order valence-corrected chi connectivity index (χ1v) is 27.3. The molecule has 67 heavy (non-hydrogen) atoms. The first-order valence-electron chi connectivity index (χ1n) is 27.3. The minimum absolute atomic E-state index is 0.174. The Morgan fingerprint density at radius 1 is 0.582 bits per heavy atom. The summed E-state index contributed by atoms with van der Waals surface area (Å²) in [4.78, 5) is 14.5. The molecule has 4 heterocycles. The van der Waals surface area contributed by atoms with Crippen molar-refractivity contribution in [2.75, 3.05) is 0 Å².